The number of amides is 1. The molecule has 0 fully saturated rings. The fourth-order valence-electron chi connectivity index (χ4n) is 4.15. The number of nitrogens with zero attached hydrogens (tertiary/aromatic N) is 1. The molecule has 5 heteroatoms. The third-order valence-corrected chi connectivity index (χ3v) is 6.74. The van der Waals surface area contributed by atoms with Crippen LogP contribution >= 0.6 is 11.3 Å². The summed E-state index contributed by atoms with van der Waals surface area (Å²) in [5.41, 5.74) is 4.59. The summed E-state index contributed by atoms with van der Waals surface area (Å²) in [6.07, 6.45) is 4.24. The normalized spacial score (nSPS) is 12.7. The molecule has 0 saturated heterocycles. The zero-order chi connectivity index (χ0) is 21.2. The molecule has 152 valence electrons. The molecule has 0 aliphatic heterocycles. The number of furan rings is 1. The lowest BCUT2D eigenvalue weighted by atomic mass is 9.95. The molecule has 1 amide bonds. The molecule has 1 N–H and O–H groups in total. The maximum Gasteiger partial charge on any atom is 0.259 e. The number of carbonyl (C=O) groups is 1. The summed E-state index contributed by atoms with van der Waals surface area (Å²) in [5, 5.41) is 14.8. The van der Waals surface area contributed by atoms with E-state index in [4.69, 9.17) is 4.42 Å². The number of hydrogen-bond donors (Lipinski definition) is 1. The van der Waals surface area contributed by atoms with Gasteiger partial charge in [0.2, 0.25) is 5.88 Å². The molecule has 0 saturated carbocycles. The van der Waals surface area contributed by atoms with Gasteiger partial charge in [0.1, 0.15) is 17.4 Å². The number of anilines is 1. The van der Waals surface area contributed by atoms with Gasteiger partial charge < -0.3 is 4.42 Å². The van der Waals surface area contributed by atoms with Gasteiger partial charge in [-0.3, -0.25) is 10.1 Å². The van der Waals surface area contributed by atoms with Crippen molar-refractivity contribution in [3.63, 3.8) is 0 Å². The van der Waals surface area contributed by atoms with Gasteiger partial charge in [-0.1, -0.05) is 60.7 Å². The fraction of sp³-hybridized carbons (Fsp3) is 0.154. The van der Waals surface area contributed by atoms with Crippen molar-refractivity contribution in [2.75, 3.05) is 5.32 Å². The maximum atomic E-state index is 13.1. The summed E-state index contributed by atoms with van der Waals surface area (Å²) in [6, 6.07) is 21.6. The van der Waals surface area contributed by atoms with Gasteiger partial charge in [0, 0.05) is 21.4 Å². The predicted molar refractivity (Wildman–Crippen MR) is 123 cm³/mol. The van der Waals surface area contributed by atoms with E-state index in [1.54, 1.807) is 11.3 Å². The van der Waals surface area contributed by atoms with E-state index >= 15 is 0 Å². The molecule has 4 nitrogen and oxygen atoms in total. The molecule has 0 spiro atoms. The molecule has 1 aliphatic carbocycles. The van der Waals surface area contributed by atoms with Gasteiger partial charge in [-0.2, -0.15) is 5.26 Å². The number of hydrogen-bond acceptors (Lipinski definition) is 4. The topological polar surface area (TPSA) is 66.0 Å². The highest BCUT2D eigenvalue weighted by molar-refractivity contribution is 7.10. The summed E-state index contributed by atoms with van der Waals surface area (Å²) in [5.74, 6) is 0.552. The molecule has 5 rings (SSSR count). The number of benzene rings is 2. The van der Waals surface area contributed by atoms with Crippen LogP contribution in [0.5, 0.6) is 0 Å². The van der Waals surface area contributed by atoms with Gasteiger partial charge in [-0.25, -0.2) is 0 Å². The smallest absolute Gasteiger partial charge is 0.259 e. The number of nitrogens with one attached hydrogen (secondary N) is 1. The third-order valence-electron chi connectivity index (χ3n) is 5.65. The maximum absolute atomic E-state index is 13.1. The van der Waals surface area contributed by atoms with Crippen LogP contribution in [0.15, 0.2) is 70.5 Å². The van der Waals surface area contributed by atoms with Crippen molar-refractivity contribution in [2.45, 2.75) is 25.7 Å². The zero-order valence-corrected chi connectivity index (χ0v) is 17.7. The van der Waals surface area contributed by atoms with Crippen molar-refractivity contribution in [2.24, 2.45) is 0 Å². The quantitative estimate of drug-likeness (QED) is 0.397. The molecule has 31 heavy (non-hydrogen) atoms. The Bertz CT molecular complexity index is 1280. The van der Waals surface area contributed by atoms with Crippen LogP contribution in [0.2, 0.25) is 0 Å². The van der Waals surface area contributed by atoms with Crippen LogP contribution in [0.1, 0.15) is 39.2 Å². The summed E-state index contributed by atoms with van der Waals surface area (Å²) in [7, 11) is 0. The van der Waals surface area contributed by atoms with Gasteiger partial charge in [0.15, 0.2) is 0 Å². The predicted octanol–water partition coefficient (Wildman–Crippen LogP) is 6.68. The fourth-order valence-corrected chi connectivity index (χ4v) is 5.28. The number of aryl methyl sites for hydroxylation is 1. The van der Waals surface area contributed by atoms with E-state index in [2.05, 4.69) is 11.4 Å². The second-order valence-electron chi connectivity index (χ2n) is 7.57. The number of thiophene rings is 1. The van der Waals surface area contributed by atoms with E-state index in [0.29, 0.717) is 22.5 Å². The lowest BCUT2D eigenvalue weighted by molar-refractivity contribution is 0.102. The first-order valence-electron chi connectivity index (χ1n) is 10.3. The van der Waals surface area contributed by atoms with E-state index in [-0.39, 0.29) is 11.8 Å². The first-order chi connectivity index (χ1) is 15.3. The van der Waals surface area contributed by atoms with E-state index in [1.165, 1.54) is 11.3 Å². The van der Waals surface area contributed by atoms with Crippen molar-refractivity contribution in [1.29, 1.82) is 5.26 Å². The lowest BCUT2D eigenvalue weighted by Gasteiger charge is -2.12. The number of carbonyl (C=O) groups excluding carboxylic acids is 1. The number of rotatable bonds is 4. The standard InChI is InChI=1S/C26H20N2O2S/c27-15-20-23(17-9-3-1-4-10-17)24(18-11-5-2-6-12-18)30-26(20)28-25(29)21-16-31-22-14-8-7-13-19(21)22/h1-6,9-12,16H,7-8,13-14H2,(H,28,29). The Morgan fingerprint density at radius 3 is 2.35 bits per heavy atom. The van der Waals surface area contributed by atoms with Gasteiger partial charge in [-0.05, 0) is 36.8 Å². The van der Waals surface area contributed by atoms with Crippen LogP contribution in [0.4, 0.5) is 5.88 Å². The molecule has 2 aromatic heterocycles. The van der Waals surface area contributed by atoms with Crippen molar-refractivity contribution in [3.8, 4) is 28.5 Å². The highest BCUT2D eigenvalue weighted by Crippen LogP contribution is 2.41. The van der Waals surface area contributed by atoms with Crippen LogP contribution in [0.25, 0.3) is 22.5 Å². The average Bonchev–Trinajstić information content (AvgIpc) is 3.42. The molecular weight excluding hydrogens is 404 g/mol. The molecule has 0 bridgehead atoms. The molecule has 2 heterocycles. The Labute approximate surface area is 184 Å². The van der Waals surface area contributed by atoms with E-state index in [0.717, 1.165) is 36.0 Å². The van der Waals surface area contributed by atoms with Crippen molar-refractivity contribution >= 4 is 23.1 Å². The minimum absolute atomic E-state index is 0.195. The van der Waals surface area contributed by atoms with E-state index < -0.39 is 0 Å². The molecule has 0 atom stereocenters. The first kappa shape index (κ1) is 19.3. The summed E-state index contributed by atoms with van der Waals surface area (Å²) < 4.78 is 6.14. The summed E-state index contributed by atoms with van der Waals surface area (Å²) in [4.78, 5) is 14.4. The zero-order valence-electron chi connectivity index (χ0n) is 16.9. The Kier molecular flexibility index (Phi) is 5.15. The molecule has 0 radical (unpaired) electrons. The molecule has 2 aromatic carbocycles. The number of nitriles is 1. The minimum Gasteiger partial charge on any atom is -0.438 e. The third kappa shape index (κ3) is 3.56. The van der Waals surface area contributed by atoms with Gasteiger partial charge in [0.05, 0.1) is 5.56 Å². The summed E-state index contributed by atoms with van der Waals surface area (Å²) >= 11 is 1.65. The number of fused-ring (bicyclic) bond motifs is 1. The highest BCUT2D eigenvalue weighted by Gasteiger charge is 2.26. The molecule has 4 aromatic rings. The van der Waals surface area contributed by atoms with Crippen LogP contribution in [-0.4, -0.2) is 5.91 Å². The second-order valence-corrected chi connectivity index (χ2v) is 8.53. The Morgan fingerprint density at radius 2 is 1.65 bits per heavy atom. The van der Waals surface area contributed by atoms with Crippen LogP contribution in [0, 0.1) is 11.3 Å². The van der Waals surface area contributed by atoms with E-state index in [1.807, 2.05) is 66.0 Å². The lowest BCUT2D eigenvalue weighted by Crippen LogP contribution is -2.14. The SMILES string of the molecule is N#Cc1c(NC(=O)c2csc3c2CCCC3)oc(-c2ccccc2)c1-c1ccccc1. The van der Waals surface area contributed by atoms with Crippen molar-refractivity contribution < 1.29 is 9.21 Å². The van der Waals surface area contributed by atoms with Crippen LogP contribution in [0.3, 0.4) is 0 Å². The largest absolute Gasteiger partial charge is 0.438 e. The molecular formula is C26H20N2O2S. The van der Waals surface area contributed by atoms with Gasteiger partial charge in [-0.15, -0.1) is 11.3 Å². The van der Waals surface area contributed by atoms with Gasteiger partial charge in [0.25, 0.3) is 5.91 Å². The second kappa shape index (κ2) is 8.25. The molecule has 0 unspecified atom stereocenters. The monoisotopic (exact) mass is 424 g/mol. The van der Waals surface area contributed by atoms with Crippen molar-refractivity contribution in [3.05, 3.63) is 87.6 Å². The summed E-state index contributed by atoms with van der Waals surface area (Å²) in [6.45, 7) is 0. The Hall–Kier alpha value is -3.62. The first-order valence-corrected chi connectivity index (χ1v) is 11.2. The van der Waals surface area contributed by atoms with Crippen molar-refractivity contribution in [1.82, 2.24) is 0 Å². The van der Waals surface area contributed by atoms with Crippen LogP contribution < -0.4 is 5.32 Å². The Balaban J connectivity index is 1.60. The average molecular weight is 425 g/mol. The van der Waals surface area contributed by atoms with Crippen LogP contribution in [-0.2, 0) is 12.8 Å². The highest BCUT2D eigenvalue weighted by atomic mass is 32.1. The van der Waals surface area contributed by atoms with Gasteiger partial charge >= 0.3 is 0 Å². The molecule has 1 aliphatic rings. The Morgan fingerprint density at radius 1 is 0.968 bits per heavy atom. The minimum atomic E-state index is -0.219. The van der Waals surface area contributed by atoms with E-state index in [9.17, 15) is 10.1 Å².